The average Bonchev–Trinajstić information content (AvgIpc) is 3.15. The molecule has 0 aliphatic heterocycles. The molecule has 144 valence electrons. The molecule has 28 heavy (non-hydrogen) atoms. The van der Waals surface area contributed by atoms with Crippen LogP contribution in [0.5, 0.6) is 11.5 Å². The Morgan fingerprint density at radius 1 is 1.00 bits per heavy atom. The minimum atomic E-state index is -0.631. The van der Waals surface area contributed by atoms with E-state index in [1.807, 2.05) is 12.3 Å². The number of ether oxygens (including phenoxy) is 3. The van der Waals surface area contributed by atoms with E-state index in [0.717, 1.165) is 10.7 Å². The molecule has 0 saturated carbocycles. The van der Waals surface area contributed by atoms with Gasteiger partial charge in [-0.3, -0.25) is 4.79 Å². The van der Waals surface area contributed by atoms with E-state index in [1.54, 1.807) is 48.5 Å². The SMILES string of the molecule is COc1ccccc1C(=O)COC(=O)c1ccccc1OCc1csc(C)n1. The third kappa shape index (κ3) is 4.75. The molecule has 1 heterocycles. The lowest BCUT2D eigenvalue weighted by molar-refractivity contribution is 0.0469. The predicted molar refractivity (Wildman–Crippen MR) is 105 cm³/mol. The van der Waals surface area contributed by atoms with Crippen LogP contribution in [0.4, 0.5) is 0 Å². The smallest absolute Gasteiger partial charge is 0.342 e. The maximum Gasteiger partial charge on any atom is 0.342 e. The normalized spacial score (nSPS) is 10.4. The largest absolute Gasteiger partial charge is 0.496 e. The molecule has 0 saturated heterocycles. The number of aryl methyl sites for hydroxylation is 1. The Labute approximate surface area is 166 Å². The van der Waals surface area contributed by atoms with Gasteiger partial charge in [-0.05, 0) is 31.2 Å². The van der Waals surface area contributed by atoms with E-state index < -0.39 is 12.6 Å². The molecule has 0 aliphatic carbocycles. The minimum absolute atomic E-state index is 0.245. The fourth-order valence-corrected chi connectivity index (χ4v) is 3.15. The Morgan fingerprint density at radius 3 is 2.36 bits per heavy atom. The molecule has 7 heteroatoms. The van der Waals surface area contributed by atoms with Crippen LogP contribution in [-0.2, 0) is 11.3 Å². The first-order chi connectivity index (χ1) is 13.6. The van der Waals surface area contributed by atoms with Gasteiger partial charge in [-0.25, -0.2) is 9.78 Å². The third-order valence-electron chi connectivity index (χ3n) is 3.89. The molecule has 0 aliphatic rings. The Morgan fingerprint density at radius 2 is 1.68 bits per heavy atom. The first kappa shape index (κ1) is 19.6. The van der Waals surface area contributed by atoms with E-state index in [1.165, 1.54) is 18.4 Å². The highest BCUT2D eigenvalue weighted by Gasteiger charge is 2.18. The lowest BCUT2D eigenvalue weighted by atomic mass is 10.1. The van der Waals surface area contributed by atoms with Gasteiger partial charge in [0.2, 0.25) is 5.78 Å². The summed E-state index contributed by atoms with van der Waals surface area (Å²) in [6.45, 7) is 1.77. The summed E-state index contributed by atoms with van der Waals surface area (Å²) in [5.74, 6) is -0.163. The minimum Gasteiger partial charge on any atom is -0.496 e. The summed E-state index contributed by atoms with van der Waals surface area (Å²) in [4.78, 5) is 29.2. The van der Waals surface area contributed by atoms with Gasteiger partial charge in [-0.15, -0.1) is 11.3 Å². The fourth-order valence-electron chi connectivity index (χ4n) is 2.55. The zero-order valence-electron chi connectivity index (χ0n) is 15.5. The highest BCUT2D eigenvalue weighted by atomic mass is 32.1. The van der Waals surface area contributed by atoms with Crippen molar-refractivity contribution in [2.45, 2.75) is 13.5 Å². The number of esters is 1. The zero-order chi connectivity index (χ0) is 19.9. The third-order valence-corrected chi connectivity index (χ3v) is 4.71. The summed E-state index contributed by atoms with van der Waals surface area (Å²) in [6.07, 6.45) is 0. The quantitative estimate of drug-likeness (QED) is 0.421. The number of hydrogen-bond donors (Lipinski definition) is 0. The van der Waals surface area contributed by atoms with E-state index >= 15 is 0 Å². The van der Waals surface area contributed by atoms with Crippen molar-refractivity contribution in [3.05, 3.63) is 75.7 Å². The highest BCUT2D eigenvalue weighted by molar-refractivity contribution is 7.09. The average molecular weight is 397 g/mol. The lowest BCUT2D eigenvalue weighted by Crippen LogP contribution is -2.15. The number of carbonyl (C=O) groups is 2. The van der Waals surface area contributed by atoms with Crippen molar-refractivity contribution in [3.8, 4) is 11.5 Å². The maximum atomic E-state index is 12.5. The van der Waals surface area contributed by atoms with E-state index in [4.69, 9.17) is 14.2 Å². The lowest BCUT2D eigenvalue weighted by Gasteiger charge is -2.11. The monoisotopic (exact) mass is 397 g/mol. The molecule has 0 atom stereocenters. The number of para-hydroxylation sites is 2. The van der Waals surface area contributed by atoms with E-state index in [0.29, 0.717) is 17.1 Å². The van der Waals surface area contributed by atoms with Crippen LogP contribution in [0.2, 0.25) is 0 Å². The summed E-state index contributed by atoms with van der Waals surface area (Å²) >= 11 is 1.53. The summed E-state index contributed by atoms with van der Waals surface area (Å²) in [5, 5.41) is 2.85. The number of hydrogen-bond acceptors (Lipinski definition) is 7. The van der Waals surface area contributed by atoms with Crippen LogP contribution in [0.1, 0.15) is 31.4 Å². The molecule has 6 nitrogen and oxygen atoms in total. The number of methoxy groups -OCH3 is 1. The molecule has 3 aromatic rings. The van der Waals surface area contributed by atoms with Crippen LogP contribution in [0.25, 0.3) is 0 Å². The second-order valence-corrected chi connectivity index (χ2v) is 6.90. The van der Waals surface area contributed by atoms with Crippen molar-refractivity contribution in [1.29, 1.82) is 0 Å². The summed E-state index contributed by atoms with van der Waals surface area (Å²) < 4.78 is 16.1. The Hall–Kier alpha value is -3.19. The number of carbonyl (C=O) groups excluding carboxylic acids is 2. The second-order valence-electron chi connectivity index (χ2n) is 5.84. The number of rotatable bonds is 8. The van der Waals surface area contributed by atoms with Gasteiger partial charge in [0.15, 0.2) is 6.61 Å². The molecule has 1 aromatic heterocycles. The fraction of sp³-hybridized carbons (Fsp3) is 0.190. The first-order valence-corrected chi connectivity index (χ1v) is 9.42. The van der Waals surface area contributed by atoms with Crippen molar-refractivity contribution >= 4 is 23.1 Å². The van der Waals surface area contributed by atoms with Crippen LogP contribution >= 0.6 is 11.3 Å². The number of aromatic nitrogens is 1. The van der Waals surface area contributed by atoms with Gasteiger partial charge in [-0.1, -0.05) is 24.3 Å². The Balaban J connectivity index is 1.65. The maximum absolute atomic E-state index is 12.5. The Kier molecular flexibility index (Phi) is 6.39. The van der Waals surface area contributed by atoms with Gasteiger partial charge >= 0.3 is 5.97 Å². The van der Waals surface area contributed by atoms with Crippen LogP contribution in [0.3, 0.4) is 0 Å². The summed E-state index contributed by atoms with van der Waals surface area (Å²) in [7, 11) is 1.48. The van der Waals surface area contributed by atoms with Crippen molar-refractivity contribution in [3.63, 3.8) is 0 Å². The molecule has 2 aromatic carbocycles. The van der Waals surface area contributed by atoms with Crippen LogP contribution in [-0.4, -0.2) is 30.5 Å². The molecule has 0 amide bonds. The van der Waals surface area contributed by atoms with E-state index in [9.17, 15) is 9.59 Å². The summed E-state index contributed by atoms with van der Waals surface area (Å²) in [6, 6.07) is 13.5. The molecule has 0 unspecified atom stereocenters. The second kappa shape index (κ2) is 9.14. The molecule has 0 N–H and O–H groups in total. The van der Waals surface area contributed by atoms with Gasteiger partial charge in [0, 0.05) is 5.38 Å². The van der Waals surface area contributed by atoms with Crippen molar-refractivity contribution in [1.82, 2.24) is 4.98 Å². The standard InChI is InChI=1S/C21H19NO5S/c1-14-22-15(13-28-14)11-26-20-10-6-4-8-17(20)21(24)27-12-18(23)16-7-3-5-9-19(16)25-2/h3-10,13H,11-12H2,1-2H3. The van der Waals surface area contributed by atoms with E-state index in [2.05, 4.69) is 4.98 Å². The van der Waals surface area contributed by atoms with Crippen molar-refractivity contribution in [2.75, 3.05) is 13.7 Å². The van der Waals surface area contributed by atoms with Gasteiger partial charge in [-0.2, -0.15) is 0 Å². The highest BCUT2D eigenvalue weighted by Crippen LogP contribution is 2.22. The molecule has 0 fully saturated rings. The number of nitrogens with zero attached hydrogens (tertiary/aromatic N) is 1. The zero-order valence-corrected chi connectivity index (χ0v) is 16.3. The predicted octanol–water partition coefficient (Wildman–Crippen LogP) is 4.08. The first-order valence-electron chi connectivity index (χ1n) is 8.54. The molecular formula is C21H19NO5S. The van der Waals surface area contributed by atoms with Gasteiger partial charge in [0.25, 0.3) is 0 Å². The van der Waals surface area contributed by atoms with Crippen LogP contribution < -0.4 is 9.47 Å². The van der Waals surface area contributed by atoms with Gasteiger partial charge in [0.1, 0.15) is 23.7 Å². The van der Waals surface area contributed by atoms with Gasteiger partial charge in [0.05, 0.1) is 23.4 Å². The topological polar surface area (TPSA) is 74.7 Å². The number of thiazole rings is 1. The number of ketones is 1. The van der Waals surface area contributed by atoms with Crippen molar-refractivity contribution in [2.24, 2.45) is 0 Å². The molecular weight excluding hydrogens is 378 g/mol. The summed E-state index contributed by atoms with van der Waals surface area (Å²) in [5.41, 5.74) is 1.40. The molecule has 0 spiro atoms. The number of Topliss-reactive ketones (excluding diaryl/α,β-unsaturated/α-hetero) is 1. The van der Waals surface area contributed by atoms with Gasteiger partial charge < -0.3 is 14.2 Å². The Bertz CT molecular complexity index is 982. The molecule has 0 radical (unpaired) electrons. The molecule has 3 rings (SSSR count). The molecule has 0 bridgehead atoms. The number of benzene rings is 2. The van der Waals surface area contributed by atoms with Crippen LogP contribution in [0.15, 0.2) is 53.9 Å². The van der Waals surface area contributed by atoms with E-state index in [-0.39, 0.29) is 18.0 Å². The van der Waals surface area contributed by atoms with Crippen LogP contribution in [0, 0.1) is 6.92 Å². The van der Waals surface area contributed by atoms with Crippen molar-refractivity contribution < 1.29 is 23.8 Å².